The predicted octanol–water partition coefficient (Wildman–Crippen LogP) is 8.01. The molecule has 1 aliphatic heterocycles. The molecule has 13 heteroatoms. The summed E-state index contributed by atoms with van der Waals surface area (Å²) in [5, 5.41) is 1.05. The second kappa shape index (κ2) is 15.4. The van der Waals surface area contributed by atoms with Crippen LogP contribution in [0.15, 0.2) is 78.5 Å². The van der Waals surface area contributed by atoms with E-state index in [1.807, 2.05) is 25.1 Å². The van der Waals surface area contributed by atoms with E-state index in [2.05, 4.69) is 31.9 Å². The van der Waals surface area contributed by atoms with Gasteiger partial charge in [-0.3, -0.25) is 9.36 Å². The zero-order valence-corrected chi connectivity index (χ0v) is 31.4. The Labute approximate surface area is 302 Å². The Kier molecular flexibility index (Phi) is 11.6. The first kappa shape index (κ1) is 35.2. The van der Waals surface area contributed by atoms with Crippen LogP contribution in [-0.4, -0.2) is 31.4 Å². The van der Waals surface area contributed by atoms with Crippen LogP contribution in [0.3, 0.4) is 0 Å². The molecule has 0 fully saturated rings. The molecule has 0 radical (unpaired) electrons. The molecule has 0 aliphatic carbocycles. The summed E-state index contributed by atoms with van der Waals surface area (Å²) in [6.45, 7) is 4.15. The third-order valence-electron chi connectivity index (χ3n) is 7.33. The number of thiazole rings is 1. The van der Waals surface area contributed by atoms with Crippen molar-refractivity contribution in [2.45, 2.75) is 39.3 Å². The van der Waals surface area contributed by atoms with Crippen molar-refractivity contribution in [3.05, 3.63) is 115 Å². The van der Waals surface area contributed by atoms with Crippen molar-refractivity contribution in [2.75, 3.05) is 20.8 Å². The minimum absolute atomic E-state index is 0.171. The normalized spacial score (nSPS) is 14.5. The number of fused-ring (bicyclic) bond motifs is 1. The number of aromatic nitrogens is 1. The molecule has 1 aliphatic rings. The van der Waals surface area contributed by atoms with Crippen LogP contribution in [-0.2, 0) is 16.1 Å². The van der Waals surface area contributed by atoms with Gasteiger partial charge in [0.2, 0.25) is 0 Å². The van der Waals surface area contributed by atoms with Crippen molar-refractivity contribution in [1.82, 2.24) is 4.57 Å². The van der Waals surface area contributed by atoms with Gasteiger partial charge in [0.25, 0.3) is 5.56 Å². The molecule has 0 saturated carbocycles. The molecule has 1 atom stereocenters. The molecule has 4 aromatic rings. The van der Waals surface area contributed by atoms with Crippen LogP contribution in [0, 0.1) is 0 Å². The van der Waals surface area contributed by atoms with Crippen LogP contribution in [0.5, 0.6) is 17.2 Å². The number of ether oxygens (including phenoxy) is 4. The van der Waals surface area contributed by atoms with Gasteiger partial charge in [-0.05, 0) is 99.3 Å². The number of allylic oxidation sites excluding steroid dienone is 1. The van der Waals surface area contributed by atoms with Crippen molar-refractivity contribution in [1.29, 1.82) is 0 Å². The van der Waals surface area contributed by atoms with Gasteiger partial charge in [0.15, 0.2) is 4.80 Å². The number of nitrogens with zero attached hydrogens (tertiary/aromatic N) is 2. The molecule has 0 amide bonds. The third kappa shape index (κ3) is 7.49. The lowest BCUT2D eigenvalue weighted by molar-refractivity contribution is -0.139. The van der Waals surface area contributed by atoms with E-state index in [0.717, 1.165) is 17.5 Å². The zero-order valence-electron chi connectivity index (χ0n) is 25.9. The molecule has 0 unspecified atom stereocenters. The molecule has 0 spiro atoms. The quantitative estimate of drug-likeness (QED) is 0.143. The van der Waals surface area contributed by atoms with E-state index in [-0.39, 0.29) is 18.8 Å². The maximum Gasteiger partial charge on any atom is 0.338 e. The topological polar surface area (TPSA) is 88.4 Å². The molecule has 2 heterocycles. The van der Waals surface area contributed by atoms with Gasteiger partial charge in [-0.25, -0.2) is 9.79 Å². The second-order valence-electron chi connectivity index (χ2n) is 10.4. The fourth-order valence-corrected chi connectivity index (χ4v) is 8.14. The lowest BCUT2D eigenvalue weighted by Gasteiger charge is -2.27. The lowest BCUT2D eigenvalue weighted by atomic mass is 9.93. The van der Waals surface area contributed by atoms with Crippen LogP contribution in [0.2, 0.25) is 10.0 Å². The highest BCUT2D eigenvalue weighted by Gasteiger charge is 2.36. The summed E-state index contributed by atoms with van der Waals surface area (Å²) in [4.78, 5) is 33.1. The van der Waals surface area contributed by atoms with Crippen LogP contribution in [0.25, 0.3) is 6.08 Å². The Bertz CT molecular complexity index is 2040. The average molecular weight is 825 g/mol. The Balaban J connectivity index is 1.63. The molecule has 5 rings (SSSR count). The van der Waals surface area contributed by atoms with E-state index in [4.69, 9.17) is 47.1 Å². The highest BCUT2D eigenvalue weighted by Crippen LogP contribution is 2.39. The van der Waals surface area contributed by atoms with Crippen molar-refractivity contribution in [3.63, 3.8) is 0 Å². The summed E-state index contributed by atoms with van der Waals surface area (Å²) in [7, 11) is 3.10. The molecule has 0 saturated heterocycles. The van der Waals surface area contributed by atoms with Gasteiger partial charge in [-0.2, -0.15) is 0 Å². The van der Waals surface area contributed by atoms with Crippen molar-refractivity contribution in [3.8, 4) is 17.2 Å². The minimum atomic E-state index is -0.854. The van der Waals surface area contributed by atoms with E-state index in [0.29, 0.717) is 68.8 Å². The van der Waals surface area contributed by atoms with E-state index < -0.39 is 12.0 Å². The van der Waals surface area contributed by atoms with E-state index in [1.165, 1.54) is 15.9 Å². The maximum absolute atomic E-state index is 14.3. The number of methoxy groups -OCH3 is 2. The van der Waals surface area contributed by atoms with Crippen LogP contribution >= 0.6 is 66.4 Å². The molecule has 0 bridgehead atoms. The average Bonchev–Trinajstić information content (AvgIpc) is 3.34. The molecular formula is C34H30Br2Cl2N2O6S. The predicted molar refractivity (Wildman–Crippen MR) is 192 cm³/mol. The summed E-state index contributed by atoms with van der Waals surface area (Å²) >= 11 is 20.8. The first-order valence-corrected chi connectivity index (χ1v) is 17.8. The van der Waals surface area contributed by atoms with Gasteiger partial charge < -0.3 is 18.9 Å². The van der Waals surface area contributed by atoms with Gasteiger partial charge >= 0.3 is 5.97 Å². The third-order valence-corrected chi connectivity index (χ3v) is 10.1. The Hall–Kier alpha value is -3.09. The Morgan fingerprint density at radius 3 is 2.43 bits per heavy atom. The summed E-state index contributed by atoms with van der Waals surface area (Å²) in [6, 6.07) is 13.4. The van der Waals surface area contributed by atoms with Gasteiger partial charge in [-0.1, -0.05) is 53.9 Å². The van der Waals surface area contributed by atoms with E-state index >= 15 is 0 Å². The van der Waals surface area contributed by atoms with Gasteiger partial charge in [0, 0.05) is 21.2 Å². The van der Waals surface area contributed by atoms with Gasteiger partial charge in [0.05, 0.1) is 45.6 Å². The number of halogens is 4. The van der Waals surface area contributed by atoms with E-state index in [9.17, 15) is 9.59 Å². The molecule has 8 nitrogen and oxygen atoms in total. The summed E-state index contributed by atoms with van der Waals surface area (Å²) in [5.74, 6) is 1.08. The Morgan fingerprint density at radius 2 is 1.79 bits per heavy atom. The zero-order chi connectivity index (χ0) is 33.8. The second-order valence-corrected chi connectivity index (χ2v) is 13.9. The maximum atomic E-state index is 14.3. The number of benzene rings is 3. The van der Waals surface area contributed by atoms with Gasteiger partial charge in [-0.15, -0.1) is 0 Å². The molecular weight excluding hydrogens is 795 g/mol. The number of hydrogen-bond acceptors (Lipinski definition) is 8. The van der Waals surface area contributed by atoms with Crippen molar-refractivity contribution in [2.24, 2.45) is 4.99 Å². The SMILES string of the molecule is CCCC1=C(C(=O)OCC)[C@H](c2cc(OC)ccc2OC)n2c(s/c(=C\c3cc(Br)c(OCc4ccc(Cl)cc4Cl)c(Br)c3)c2=O)=N1. The smallest absolute Gasteiger partial charge is 0.338 e. The van der Waals surface area contributed by atoms with Crippen molar-refractivity contribution >= 4 is 78.4 Å². The highest BCUT2D eigenvalue weighted by molar-refractivity contribution is 9.11. The number of rotatable bonds is 11. The molecule has 0 N–H and O–H groups in total. The molecule has 47 heavy (non-hydrogen) atoms. The number of carbonyl (C=O) groups is 1. The number of carbonyl (C=O) groups excluding carboxylic acids is 1. The lowest BCUT2D eigenvalue weighted by Crippen LogP contribution is -2.40. The molecule has 3 aromatic carbocycles. The number of hydrogen-bond donors (Lipinski definition) is 0. The van der Waals surface area contributed by atoms with Crippen LogP contribution in [0.1, 0.15) is 49.4 Å². The first-order chi connectivity index (χ1) is 22.6. The molecule has 246 valence electrons. The summed E-state index contributed by atoms with van der Waals surface area (Å²) < 4.78 is 26.1. The molecule has 1 aromatic heterocycles. The van der Waals surface area contributed by atoms with Crippen molar-refractivity contribution < 1.29 is 23.7 Å². The fourth-order valence-electron chi connectivity index (χ4n) is 5.21. The van der Waals surface area contributed by atoms with Crippen LogP contribution in [0.4, 0.5) is 0 Å². The van der Waals surface area contributed by atoms with Gasteiger partial charge in [0.1, 0.15) is 29.9 Å². The highest BCUT2D eigenvalue weighted by atomic mass is 79.9. The summed E-state index contributed by atoms with van der Waals surface area (Å²) in [6.07, 6.45) is 3.04. The fraction of sp³-hybridized carbons (Fsp3) is 0.265. The standard InChI is InChI=1S/C34H30Br2Cl2N2O6S/c1-5-7-26-29(33(42)45-6-2)30(22-16-21(43-3)10-11-27(22)44-4)40-32(41)28(47-34(40)39-26)14-18-12-23(35)31(24(36)13-18)46-17-19-8-9-20(37)15-25(19)38/h8-16,30H,5-7,17H2,1-4H3/b28-14-/t30-/m0/s1. The monoisotopic (exact) mass is 822 g/mol. The Morgan fingerprint density at radius 1 is 1.04 bits per heavy atom. The number of esters is 1. The van der Waals surface area contributed by atoms with Crippen LogP contribution < -0.4 is 29.1 Å². The van der Waals surface area contributed by atoms with E-state index in [1.54, 1.807) is 57.6 Å². The summed E-state index contributed by atoms with van der Waals surface area (Å²) in [5.41, 5.74) is 2.66. The first-order valence-electron chi connectivity index (χ1n) is 14.6. The largest absolute Gasteiger partial charge is 0.497 e. The minimum Gasteiger partial charge on any atom is -0.497 e.